The Bertz CT molecular complexity index is 105. The Balaban J connectivity index is 1.65. The summed E-state index contributed by atoms with van der Waals surface area (Å²) < 4.78 is 10.4. The molecule has 0 radical (unpaired) electrons. The van der Waals surface area contributed by atoms with Crippen LogP contribution >= 0.6 is 15.9 Å². The first-order chi connectivity index (χ1) is 5.93. The van der Waals surface area contributed by atoms with Gasteiger partial charge in [0.25, 0.3) is 0 Å². The summed E-state index contributed by atoms with van der Waals surface area (Å²) in [5.74, 6) is 0. The van der Waals surface area contributed by atoms with Gasteiger partial charge in [0.05, 0.1) is 13.2 Å². The van der Waals surface area contributed by atoms with Gasteiger partial charge in [-0.2, -0.15) is 0 Å². The zero-order valence-corrected chi connectivity index (χ0v) is 9.01. The summed E-state index contributed by atoms with van der Waals surface area (Å²) in [6.45, 7) is 2.62. The Hall–Kier alpha value is 0.400. The summed E-state index contributed by atoms with van der Waals surface area (Å²) in [4.78, 5) is 0. The molecule has 1 aliphatic heterocycles. The second-order valence-electron chi connectivity index (χ2n) is 3.13. The van der Waals surface area contributed by atoms with Gasteiger partial charge in [-0.3, -0.25) is 0 Å². The molecule has 0 spiro atoms. The second kappa shape index (κ2) is 6.87. The third kappa shape index (κ3) is 5.98. The number of hydrogen-bond acceptors (Lipinski definition) is 2. The molecular formula is C9H17BrO2. The molecular weight excluding hydrogens is 220 g/mol. The lowest BCUT2D eigenvalue weighted by Gasteiger charge is -2.00. The van der Waals surface area contributed by atoms with Crippen molar-refractivity contribution in [2.75, 3.05) is 25.2 Å². The summed E-state index contributed by atoms with van der Waals surface area (Å²) in [6.07, 6.45) is 5.50. The molecule has 1 atom stereocenters. The van der Waals surface area contributed by atoms with Crippen molar-refractivity contribution in [1.29, 1.82) is 0 Å². The average molecular weight is 237 g/mol. The lowest BCUT2D eigenvalue weighted by molar-refractivity contribution is 0.113. The molecule has 1 fully saturated rings. The summed E-state index contributed by atoms with van der Waals surface area (Å²) in [5.41, 5.74) is 0. The second-order valence-corrected chi connectivity index (χ2v) is 3.93. The van der Waals surface area contributed by atoms with Gasteiger partial charge >= 0.3 is 0 Å². The Morgan fingerprint density at radius 1 is 1.25 bits per heavy atom. The maximum atomic E-state index is 5.40. The quantitative estimate of drug-likeness (QED) is 0.367. The maximum Gasteiger partial charge on any atom is 0.104 e. The van der Waals surface area contributed by atoms with Crippen molar-refractivity contribution >= 4 is 15.9 Å². The van der Waals surface area contributed by atoms with E-state index in [-0.39, 0.29) is 0 Å². The van der Waals surface area contributed by atoms with Crippen molar-refractivity contribution in [3.63, 3.8) is 0 Å². The van der Waals surface area contributed by atoms with Gasteiger partial charge in [-0.05, 0) is 12.8 Å². The molecule has 3 heteroatoms. The van der Waals surface area contributed by atoms with E-state index in [1.807, 2.05) is 0 Å². The van der Waals surface area contributed by atoms with Crippen molar-refractivity contribution < 1.29 is 9.47 Å². The normalized spacial score (nSPS) is 21.2. The van der Waals surface area contributed by atoms with Crippen molar-refractivity contribution in [3.8, 4) is 0 Å². The highest BCUT2D eigenvalue weighted by Crippen LogP contribution is 2.09. The fraction of sp³-hybridized carbons (Fsp3) is 1.00. The van der Waals surface area contributed by atoms with E-state index in [9.17, 15) is 0 Å². The minimum atomic E-state index is 0.424. The van der Waals surface area contributed by atoms with E-state index in [1.165, 1.54) is 25.7 Å². The lowest BCUT2D eigenvalue weighted by atomic mass is 10.2. The summed E-state index contributed by atoms with van der Waals surface area (Å²) in [6, 6.07) is 0. The number of rotatable bonds is 8. The zero-order chi connectivity index (χ0) is 8.65. The van der Waals surface area contributed by atoms with E-state index in [1.54, 1.807) is 0 Å². The van der Waals surface area contributed by atoms with E-state index < -0.39 is 0 Å². The smallest absolute Gasteiger partial charge is 0.104 e. The first kappa shape index (κ1) is 10.5. The molecule has 0 amide bonds. The molecule has 0 aromatic carbocycles. The molecule has 0 bridgehead atoms. The van der Waals surface area contributed by atoms with Gasteiger partial charge < -0.3 is 9.47 Å². The topological polar surface area (TPSA) is 21.8 Å². The van der Waals surface area contributed by atoms with Crippen LogP contribution in [0.25, 0.3) is 0 Å². The van der Waals surface area contributed by atoms with E-state index >= 15 is 0 Å². The largest absolute Gasteiger partial charge is 0.379 e. The van der Waals surface area contributed by atoms with Gasteiger partial charge in [-0.1, -0.05) is 28.8 Å². The predicted molar refractivity (Wildman–Crippen MR) is 52.8 cm³/mol. The molecule has 1 rings (SSSR count). The molecule has 1 unspecified atom stereocenters. The highest BCUT2D eigenvalue weighted by molar-refractivity contribution is 9.09. The fourth-order valence-electron chi connectivity index (χ4n) is 1.03. The Morgan fingerprint density at radius 3 is 2.67 bits per heavy atom. The van der Waals surface area contributed by atoms with Gasteiger partial charge in [-0.15, -0.1) is 0 Å². The van der Waals surface area contributed by atoms with Crippen LogP contribution in [0.4, 0.5) is 0 Å². The van der Waals surface area contributed by atoms with Gasteiger partial charge in [-0.25, -0.2) is 0 Å². The molecule has 12 heavy (non-hydrogen) atoms. The first-order valence-corrected chi connectivity index (χ1v) is 5.81. The van der Waals surface area contributed by atoms with Crippen LogP contribution in [0.2, 0.25) is 0 Å². The van der Waals surface area contributed by atoms with Crippen molar-refractivity contribution in [2.45, 2.75) is 31.8 Å². The van der Waals surface area contributed by atoms with Crippen LogP contribution < -0.4 is 0 Å². The molecule has 0 aliphatic carbocycles. The minimum Gasteiger partial charge on any atom is -0.379 e. The van der Waals surface area contributed by atoms with Crippen molar-refractivity contribution in [1.82, 2.24) is 0 Å². The molecule has 0 saturated carbocycles. The molecule has 1 saturated heterocycles. The van der Waals surface area contributed by atoms with Gasteiger partial charge in [0.15, 0.2) is 0 Å². The highest BCUT2D eigenvalue weighted by atomic mass is 79.9. The van der Waals surface area contributed by atoms with Crippen LogP contribution in [0.5, 0.6) is 0 Å². The number of alkyl halides is 1. The summed E-state index contributed by atoms with van der Waals surface area (Å²) in [7, 11) is 0. The lowest BCUT2D eigenvalue weighted by Crippen LogP contribution is -2.02. The van der Waals surface area contributed by atoms with Crippen LogP contribution in [0.15, 0.2) is 0 Å². The van der Waals surface area contributed by atoms with E-state index in [0.29, 0.717) is 6.10 Å². The fourth-order valence-corrected chi connectivity index (χ4v) is 1.43. The van der Waals surface area contributed by atoms with Crippen molar-refractivity contribution in [3.05, 3.63) is 0 Å². The van der Waals surface area contributed by atoms with Crippen LogP contribution in [0, 0.1) is 0 Å². The summed E-state index contributed by atoms with van der Waals surface area (Å²) >= 11 is 3.41. The van der Waals surface area contributed by atoms with Crippen LogP contribution in [0.1, 0.15) is 25.7 Å². The molecule has 0 N–H and O–H groups in total. The zero-order valence-electron chi connectivity index (χ0n) is 7.43. The third-order valence-electron chi connectivity index (χ3n) is 1.88. The molecule has 0 aromatic rings. The van der Waals surface area contributed by atoms with Crippen LogP contribution in [-0.2, 0) is 9.47 Å². The van der Waals surface area contributed by atoms with Crippen molar-refractivity contribution in [2.24, 2.45) is 0 Å². The van der Waals surface area contributed by atoms with Crippen LogP contribution in [-0.4, -0.2) is 31.3 Å². The standard InChI is InChI=1S/C9H17BrO2/c10-5-3-1-2-4-6-11-7-9-8-12-9/h9H,1-8H2. The highest BCUT2D eigenvalue weighted by Gasteiger charge is 2.21. The average Bonchev–Trinajstić information content (AvgIpc) is 2.87. The predicted octanol–water partition coefficient (Wildman–Crippen LogP) is 2.36. The number of ether oxygens (including phenoxy) is 2. The number of unbranched alkanes of at least 4 members (excludes halogenated alkanes) is 3. The molecule has 1 heterocycles. The van der Waals surface area contributed by atoms with Gasteiger partial charge in [0.1, 0.15) is 6.10 Å². The maximum absolute atomic E-state index is 5.40. The number of epoxide rings is 1. The number of hydrogen-bond donors (Lipinski definition) is 0. The third-order valence-corrected chi connectivity index (χ3v) is 2.44. The molecule has 1 aliphatic rings. The Morgan fingerprint density at radius 2 is 2.00 bits per heavy atom. The minimum absolute atomic E-state index is 0.424. The van der Waals surface area contributed by atoms with Gasteiger partial charge in [0, 0.05) is 11.9 Å². The Kier molecular flexibility index (Phi) is 6.00. The first-order valence-electron chi connectivity index (χ1n) is 4.69. The van der Waals surface area contributed by atoms with E-state index in [0.717, 1.165) is 25.2 Å². The number of halogens is 1. The van der Waals surface area contributed by atoms with Gasteiger partial charge in [0.2, 0.25) is 0 Å². The summed E-state index contributed by atoms with van der Waals surface area (Å²) in [5, 5.41) is 1.13. The van der Waals surface area contributed by atoms with Crippen LogP contribution in [0.3, 0.4) is 0 Å². The van der Waals surface area contributed by atoms with E-state index in [2.05, 4.69) is 15.9 Å². The Labute approximate surface area is 82.7 Å². The van der Waals surface area contributed by atoms with E-state index in [4.69, 9.17) is 9.47 Å². The monoisotopic (exact) mass is 236 g/mol. The molecule has 0 aromatic heterocycles. The SMILES string of the molecule is BrCCCCCCOCC1CO1. The molecule has 72 valence electrons. The molecule has 2 nitrogen and oxygen atoms in total.